The van der Waals surface area contributed by atoms with Crippen molar-refractivity contribution < 1.29 is 9.72 Å². The molecule has 0 saturated carbocycles. The molecule has 0 bridgehead atoms. The molecule has 18 heavy (non-hydrogen) atoms. The molecule has 0 spiro atoms. The number of carbonyl (C=O) groups excluding carboxylic acids is 1. The fraction of sp³-hybridized carbons (Fsp3) is 0.0909. The molecule has 1 amide bonds. The van der Waals surface area contributed by atoms with E-state index < -0.39 is 4.92 Å². The number of hydrogen-bond donors (Lipinski definition) is 1. The Bertz CT molecular complexity index is 569. The van der Waals surface area contributed by atoms with Gasteiger partial charge >= 0.3 is 0 Å². The van der Waals surface area contributed by atoms with Gasteiger partial charge in [0.15, 0.2) is 0 Å². The number of amides is 1. The van der Waals surface area contributed by atoms with Crippen LogP contribution in [0.3, 0.4) is 0 Å². The van der Waals surface area contributed by atoms with Crippen LogP contribution in [0.4, 0.5) is 5.69 Å². The van der Waals surface area contributed by atoms with E-state index in [4.69, 9.17) is 0 Å². The summed E-state index contributed by atoms with van der Waals surface area (Å²) in [5.74, 6) is -0.339. The van der Waals surface area contributed by atoms with Crippen molar-refractivity contribution in [1.82, 2.24) is 10.3 Å². The van der Waals surface area contributed by atoms with Gasteiger partial charge in [0.2, 0.25) is 0 Å². The standard InChI is InChI=1S/C11H9N3O3S/c15-11(9-6-18-7-13-9)12-5-8-3-1-2-4-10(8)14(16)17/h1-4,6-7H,5H2,(H,12,15). The zero-order chi connectivity index (χ0) is 13.0. The quantitative estimate of drug-likeness (QED) is 0.675. The number of rotatable bonds is 4. The number of nitrogens with one attached hydrogen (secondary N) is 1. The normalized spacial score (nSPS) is 10.0. The number of para-hydroxylation sites is 1. The molecule has 0 unspecified atom stereocenters. The molecule has 0 fully saturated rings. The third-order valence-electron chi connectivity index (χ3n) is 2.29. The fourth-order valence-electron chi connectivity index (χ4n) is 1.43. The molecule has 92 valence electrons. The van der Waals surface area contributed by atoms with Gasteiger partial charge in [-0.15, -0.1) is 11.3 Å². The van der Waals surface area contributed by atoms with Crippen molar-refractivity contribution in [3.63, 3.8) is 0 Å². The molecule has 1 aromatic carbocycles. The van der Waals surface area contributed by atoms with E-state index in [0.29, 0.717) is 11.3 Å². The highest BCUT2D eigenvalue weighted by molar-refractivity contribution is 7.07. The van der Waals surface area contributed by atoms with Gasteiger partial charge in [0.25, 0.3) is 11.6 Å². The summed E-state index contributed by atoms with van der Waals surface area (Å²) in [5.41, 5.74) is 2.33. The first-order valence-corrected chi connectivity index (χ1v) is 6.01. The summed E-state index contributed by atoms with van der Waals surface area (Å²) in [7, 11) is 0. The molecular weight excluding hydrogens is 254 g/mol. The predicted octanol–water partition coefficient (Wildman–Crippen LogP) is 1.98. The predicted molar refractivity (Wildman–Crippen MR) is 66.4 cm³/mol. The largest absolute Gasteiger partial charge is 0.346 e. The lowest BCUT2D eigenvalue weighted by atomic mass is 10.2. The van der Waals surface area contributed by atoms with Crippen molar-refractivity contribution in [3.8, 4) is 0 Å². The van der Waals surface area contributed by atoms with Gasteiger partial charge in [-0.2, -0.15) is 0 Å². The first-order valence-electron chi connectivity index (χ1n) is 5.07. The minimum Gasteiger partial charge on any atom is -0.346 e. The van der Waals surface area contributed by atoms with E-state index in [1.807, 2.05) is 0 Å². The highest BCUT2D eigenvalue weighted by Crippen LogP contribution is 2.17. The van der Waals surface area contributed by atoms with E-state index in [1.165, 1.54) is 17.4 Å². The number of carbonyl (C=O) groups is 1. The Hall–Kier alpha value is -2.28. The summed E-state index contributed by atoms with van der Waals surface area (Å²) < 4.78 is 0. The molecule has 1 heterocycles. The lowest BCUT2D eigenvalue weighted by Gasteiger charge is -2.04. The van der Waals surface area contributed by atoms with Crippen LogP contribution in [0.2, 0.25) is 0 Å². The van der Waals surface area contributed by atoms with Crippen LogP contribution in [-0.2, 0) is 6.54 Å². The number of benzene rings is 1. The molecule has 6 nitrogen and oxygen atoms in total. The topological polar surface area (TPSA) is 85.1 Å². The van der Waals surface area contributed by atoms with Crippen LogP contribution in [0.25, 0.3) is 0 Å². The molecule has 2 rings (SSSR count). The van der Waals surface area contributed by atoms with E-state index in [-0.39, 0.29) is 18.1 Å². The second-order valence-electron chi connectivity index (χ2n) is 3.44. The second-order valence-corrected chi connectivity index (χ2v) is 4.16. The van der Waals surface area contributed by atoms with E-state index in [9.17, 15) is 14.9 Å². The maximum atomic E-state index is 11.6. The van der Waals surface area contributed by atoms with Gasteiger partial charge in [0.05, 0.1) is 10.4 Å². The summed E-state index contributed by atoms with van der Waals surface area (Å²) in [6, 6.07) is 6.30. The van der Waals surface area contributed by atoms with Gasteiger partial charge in [-0.1, -0.05) is 18.2 Å². The van der Waals surface area contributed by atoms with E-state index >= 15 is 0 Å². The van der Waals surface area contributed by atoms with Crippen LogP contribution >= 0.6 is 11.3 Å². The van der Waals surface area contributed by atoms with Crippen LogP contribution in [0.5, 0.6) is 0 Å². The maximum absolute atomic E-state index is 11.6. The molecule has 7 heteroatoms. The second kappa shape index (κ2) is 5.37. The van der Waals surface area contributed by atoms with Crippen LogP contribution in [0, 0.1) is 10.1 Å². The Balaban J connectivity index is 2.07. The molecule has 0 radical (unpaired) electrons. The van der Waals surface area contributed by atoms with Crippen LogP contribution in [0.15, 0.2) is 35.2 Å². The monoisotopic (exact) mass is 263 g/mol. The number of nitro groups is 1. The molecule has 2 aromatic rings. The number of hydrogen-bond acceptors (Lipinski definition) is 5. The van der Waals surface area contributed by atoms with Gasteiger partial charge in [0.1, 0.15) is 5.69 Å². The summed E-state index contributed by atoms with van der Waals surface area (Å²) in [6.45, 7) is 0.105. The first kappa shape index (κ1) is 12.2. The van der Waals surface area contributed by atoms with Crippen molar-refractivity contribution in [2.24, 2.45) is 0 Å². The van der Waals surface area contributed by atoms with Crippen molar-refractivity contribution in [3.05, 3.63) is 56.5 Å². The van der Waals surface area contributed by atoms with Crippen molar-refractivity contribution in [2.75, 3.05) is 0 Å². The molecular formula is C11H9N3O3S. The van der Waals surface area contributed by atoms with Crippen molar-refractivity contribution in [1.29, 1.82) is 0 Å². The fourth-order valence-corrected chi connectivity index (χ4v) is 1.96. The number of thiazole rings is 1. The van der Waals surface area contributed by atoms with Crippen LogP contribution < -0.4 is 5.32 Å². The highest BCUT2D eigenvalue weighted by atomic mass is 32.1. The Morgan fingerprint density at radius 3 is 2.89 bits per heavy atom. The Morgan fingerprint density at radius 2 is 2.22 bits per heavy atom. The van der Waals surface area contributed by atoms with Crippen LogP contribution in [0.1, 0.15) is 16.1 Å². The smallest absolute Gasteiger partial charge is 0.274 e. The van der Waals surface area contributed by atoms with Crippen LogP contribution in [-0.4, -0.2) is 15.8 Å². The van der Waals surface area contributed by atoms with E-state index in [2.05, 4.69) is 10.3 Å². The molecule has 0 aliphatic heterocycles. The van der Waals surface area contributed by atoms with Gasteiger partial charge < -0.3 is 5.32 Å². The molecule has 0 atom stereocenters. The molecule has 1 N–H and O–H groups in total. The SMILES string of the molecule is O=C(NCc1ccccc1[N+](=O)[O-])c1cscn1. The Labute approximate surface area is 106 Å². The molecule has 0 aliphatic carbocycles. The van der Waals surface area contributed by atoms with E-state index in [1.54, 1.807) is 29.1 Å². The van der Waals surface area contributed by atoms with Gasteiger partial charge in [-0.05, 0) is 0 Å². The third-order valence-corrected chi connectivity index (χ3v) is 2.88. The summed E-state index contributed by atoms with van der Waals surface area (Å²) in [4.78, 5) is 25.8. The van der Waals surface area contributed by atoms with Gasteiger partial charge in [-0.3, -0.25) is 14.9 Å². The Morgan fingerprint density at radius 1 is 1.44 bits per heavy atom. The average Bonchev–Trinajstić information content (AvgIpc) is 2.90. The summed E-state index contributed by atoms with van der Waals surface area (Å²) in [5, 5.41) is 15.0. The Kier molecular flexibility index (Phi) is 3.63. The minimum atomic E-state index is -0.468. The number of aromatic nitrogens is 1. The maximum Gasteiger partial charge on any atom is 0.274 e. The van der Waals surface area contributed by atoms with Gasteiger partial charge in [-0.25, -0.2) is 4.98 Å². The number of nitrogens with zero attached hydrogens (tertiary/aromatic N) is 2. The molecule has 0 aliphatic rings. The first-order chi connectivity index (χ1) is 8.68. The summed E-state index contributed by atoms with van der Waals surface area (Å²) >= 11 is 1.32. The van der Waals surface area contributed by atoms with Crippen molar-refractivity contribution >= 4 is 22.9 Å². The van der Waals surface area contributed by atoms with E-state index in [0.717, 1.165) is 0 Å². The average molecular weight is 263 g/mol. The summed E-state index contributed by atoms with van der Waals surface area (Å²) in [6.07, 6.45) is 0. The lowest BCUT2D eigenvalue weighted by Crippen LogP contribution is -2.23. The third kappa shape index (κ3) is 2.69. The zero-order valence-electron chi connectivity index (χ0n) is 9.20. The lowest BCUT2D eigenvalue weighted by molar-refractivity contribution is -0.385. The molecule has 0 saturated heterocycles. The number of nitro benzene ring substituents is 1. The highest BCUT2D eigenvalue weighted by Gasteiger charge is 2.14. The van der Waals surface area contributed by atoms with Crippen molar-refractivity contribution in [2.45, 2.75) is 6.54 Å². The minimum absolute atomic E-state index is 0.00363. The molecule has 1 aromatic heterocycles. The zero-order valence-corrected chi connectivity index (χ0v) is 10.0. The van der Waals surface area contributed by atoms with Gasteiger partial charge in [0, 0.05) is 23.6 Å².